The van der Waals surface area contributed by atoms with Crippen molar-refractivity contribution in [2.75, 3.05) is 13.7 Å². The highest BCUT2D eigenvalue weighted by atomic mass is 16.5. The minimum Gasteiger partial charge on any atom is -0.396 e. The molecule has 0 aromatic heterocycles. The maximum atomic E-state index is 9.38. The van der Waals surface area contributed by atoms with Gasteiger partial charge in [-0.2, -0.15) is 0 Å². The molecule has 1 N–H and O–H groups in total. The number of aliphatic hydroxyl groups is 1. The molecular formula is C19H34O2. The van der Waals surface area contributed by atoms with Crippen LogP contribution in [0.2, 0.25) is 0 Å². The van der Waals surface area contributed by atoms with Crippen molar-refractivity contribution in [1.82, 2.24) is 0 Å². The third-order valence-electron chi connectivity index (χ3n) is 7.96. The van der Waals surface area contributed by atoms with E-state index in [-0.39, 0.29) is 0 Å². The van der Waals surface area contributed by atoms with Gasteiger partial charge in [-0.3, -0.25) is 0 Å². The molecule has 122 valence electrons. The van der Waals surface area contributed by atoms with Crippen LogP contribution in [0.5, 0.6) is 0 Å². The van der Waals surface area contributed by atoms with Crippen LogP contribution in [0.25, 0.3) is 0 Å². The summed E-state index contributed by atoms with van der Waals surface area (Å²) in [5, 5.41) is 9.38. The normalized spacial score (nSPS) is 51.1. The Kier molecular flexibility index (Phi) is 3.54. The van der Waals surface area contributed by atoms with Crippen LogP contribution in [0.3, 0.4) is 0 Å². The van der Waals surface area contributed by atoms with Crippen molar-refractivity contribution in [2.45, 2.75) is 78.7 Å². The minimum absolute atomic E-state index is 0.327. The molecule has 2 nitrogen and oxygen atoms in total. The maximum Gasteiger partial charge on any atom is 0.0641 e. The molecule has 2 heteroatoms. The van der Waals surface area contributed by atoms with Crippen LogP contribution in [0, 0.1) is 27.6 Å². The first-order valence-electron chi connectivity index (χ1n) is 8.91. The Morgan fingerprint density at radius 2 is 1.81 bits per heavy atom. The molecule has 0 heterocycles. The van der Waals surface area contributed by atoms with Gasteiger partial charge in [-0.15, -0.1) is 0 Å². The lowest BCUT2D eigenvalue weighted by molar-refractivity contribution is -0.120. The molecule has 1 spiro atoms. The quantitative estimate of drug-likeness (QED) is 0.832. The molecule has 0 aromatic carbocycles. The third-order valence-corrected chi connectivity index (χ3v) is 7.96. The summed E-state index contributed by atoms with van der Waals surface area (Å²) in [4.78, 5) is 0. The number of hydrogen-bond donors (Lipinski definition) is 1. The Bertz CT molecular complexity index is 418. The van der Waals surface area contributed by atoms with E-state index in [0.29, 0.717) is 34.4 Å². The molecule has 3 saturated carbocycles. The van der Waals surface area contributed by atoms with Gasteiger partial charge in [0, 0.05) is 19.1 Å². The van der Waals surface area contributed by atoms with E-state index in [1.807, 2.05) is 7.11 Å². The van der Waals surface area contributed by atoms with Crippen LogP contribution in [-0.4, -0.2) is 24.9 Å². The lowest BCUT2D eigenvalue weighted by Crippen LogP contribution is -2.52. The molecule has 5 atom stereocenters. The van der Waals surface area contributed by atoms with Gasteiger partial charge in [0.25, 0.3) is 0 Å². The zero-order valence-corrected chi connectivity index (χ0v) is 14.7. The fourth-order valence-corrected chi connectivity index (χ4v) is 7.83. The summed E-state index contributed by atoms with van der Waals surface area (Å²) in [6, 6.07) is 0. The van der Waals surface area contributed by atoms with Crippen molar-refractivity contribution in [3.05, 3.63) is 0 Å². The van der Waals surface area contributed by atoms with E-state index in [1.165, 1.54) is 32.1 Å². The number of methoxy groups -OCH3 is 1. The van der Waals surface area contributed by atoms with Gasteiger partial charge in [0.15, 0.2) is 0 Å². The summed E-state index contributed by atoms with van der Waals surface area (Å²) in [6.07, 6.45) is 9.08. The zero-order chi connectivity index (χ0) is 15.5. The number of hydrogen-bond acceptors (Lipinski definition) is 2. The summed E-state index contributed by atoms with van der Waals surface area (Å²) in [7, 11) is 1.93. The van der Waals surface area contributed by atoms with E-state index in [4.69, 9.17) is 4.74 Å². The summed E-state index contributed by atoms with van der Waals surface area (Å²) in [5.74, 6) is 0.783. The summed E-state index contributed by atoms with van der Waals surface area (Å²) in [6.45, 7) is 10.4. The van der Waals surface area contributed by atoms with Gasteiger partial charge in [0.05, 0.1) is 6.10 Å². The van der Waals surface area contributed by atoms with Gasteiger partial charge in [0.2, 0.25) is 0 Å². The highest BCUT2D eigenvalue weighted by Gasteiger charge is 2.77. The Hall–Kier alpha value is -0.0800. The fraction of sp³-hybridized carbons (Fsp3) is 1.00. The number of rotatable bonds is 4. The minimum atomic E-state index is 0.327. The SMILES string of the molecule is COC1CC[C@@]2(C)CC(C)(C)[C@H]3CC[C@](C)(CCCO)C132. The Labute approximate surface area is 130 Å². The topological polar surface area (TPSA) is 29.5 Å². The highest BCUT2D eigenvalue weighted by molar-refractivity contribution is 5.25. The molecular weight excluding hydrogens is 260 g/mol. The maximum absolute atomic E-state index is 9.38. The van der Waals surface area contributed by atoms with E-state index < -0.39 is 0 Å². The molecule has 3 aliphatic rings. The fourth-order valence-electron chi connectivity index (χ4n) is 7.83. The van der Waals surface area contributed by atoms with Crippen molar-refractivity contribution >= 4 is 0 Å². The molecule has 0 saturated heterocycles. The second kappa shape index (κ2) is 4.71. The van der Waals surface area contributed by atoms with Gasteiger partial charge < -0.3 is 9.84 Å². The molecule has 0 aromatic rings. The first-order chi connectivity index (χ1) is 9.77. The van der Waals surface area contributed by atoms with Crippen LogP contribution in [0.4, 0.5) is 0 Å². The average molecular weight is 294 g/mol. The lowest BCUT2D eigenvalue weighted by Gasteiger charge is -2.53. The molecule has 2 unspecified atom stereocenters. The number of aliphatic hydroxyl groups excluding tert-OH is 1. The van der Waals surface area contributed by atoms with Gasteiger partial charge in [-0.25, -0.2) is 0 Å². The van der Waals surface area contributed by atoms with E-state index >= 15 is 0 Å². The first kappa shape index (κ1) is 15.8. The van der Waals surface area contributed by atoms with Crippen LogP contribution in [-0.2, 0) is 4.74 Å². The first-order valence-corrected chi connectivity index (χ1v) is 8.91. The Morgan fingerprint density at radius 1 is 1.10 bits per heavy atom. The summed E-state index contributed by atoms with van der Waals surface area (Å²) >= 11 is 0. The van der Waals surface area contributed by atoms with E-state index in [9.17, 15) is 5.11 Å². The predicted molar refractivity (Wildman–Crippen MR) is 86.1 cm³/mol. The van der Waals surface area contributed by atoms with E-state index in [1.54, 1.807) is 0 Å². The van der Waals surface area contributed by atoms with E-state index in [2.05, 4.69) is 27.7 Å². The molecule has 3 rings (SSSR count). The van der Waals surface area contributed by atoms with Crippen molar-refractivity contribution in [2.24, 2.45) is 27.6 Å². The van der Waals surface area contributed by atoms with E-state index in [0.717, 1.165) is 18.8 Å². The van der Waals surface area contributed by atoms with Crippen LogP contribution in [0.1, 0.15) is 72.6 Å². The molecule has 0 radical (unpaired) electrons. The van der Waals surface area contributed by atoms with Crippen molar-refractivity contribution in [3.63, 3.8) is 0 Å². The number of ether oxygens (including phenoxy) is 1. The van der Waals surface area contributed by atoms with Gasteiger partial charge in [-0.05, 0) is 67.1 Å². The van der Waals surface area contributed by atoms with Gasteiger partial charge >= 0.3 is 0 Å². The van der Waals surface area contributed by atoms with Crippen molar-refractivity contribution < 1.29 is 9.84 Å². The second-order valence-corrected chi connectivity index (χ2v) is 9.34. The van der Waals surface area contributed by atoms with Gasteiger partial charge in [0.1, 0.15) is 0 Å². The van der Waals surface area contributed by atoms with Crippen LogP contribution >= 0.6 is 0 Å². The average Bonchev–Trinajstić information content (AvgIpc) is 2.92. The van der Waals surface area contributed by atoms with Gasteiger partial charge in [-0.1, -0.05) is 27.7 Å². The van der Waals surface area contributed by atoms with Crippen molar-refractivity contribution in [3.8, 4) is 0 Å². The van der Waals surface area contributed by atoms with Crippen LogP contribution < -0.4 is 0 Å². The standard InChI is InChI=1S/C19H34O2/c1-16(2)13-18(4)11-8-15(21-5)19(18)14(16)7-10-17(19,3)9-6-12-20/h14-15,20H,6-13H2,1-5H3/t14-,15?,17+,18+,19?/m1/s1. The molecule has 3 fully saturated rings. The third kappa shape index (κ3) is 1.72. The smallest absolute Gasteiger partial charge is 0.0641 e. The zero-order valence-electron chi connectivity index (χ0n) is 14.7. The molecule has 3 aliphatic carbocycles. The monoisotopic (exact) mass is 294 g/mol. The molecule has 21 heavy (non-hydrogen) atoms. The predicted octanol–water partition coefficient (Wildman–Crippen LogP) is 4.41. The summed E-state index contributed by atoms with van der Waals surface area (Å²) in [5.41, 5.74) is 1.51. The van der Waals surface area contributed by atoms with Crippen molar-refractivity contribution in [1.29, 1.82) is 0 Å². The molecule has 0 aliphatic heterocycles. The Morgan fingerprint density at radius 3 is 2.43 bits per heavy atom. The molecule has 0 bridgehead atoms. The summed E-state index contributed by atoms with van der Waals surface area (Å²) < 4.78 is 6.10. The Balaban J connectivity index is 2.11. The second-order valence-electron chi connectivity index (χ2n) is 9.34. The highest BCUT2D eigenvalue weighted by Crippen LogP contribution is 2.82. The largest absolute Gasteiger partial charge is 0.396 e. The lowest BCUT2D eigenvalue weighted by atomic mass is 9.52. The van der Waals surface area contributed by atoms with Crippen LogP contribution in [0.15, 0.2) is 0 Å². The molecule has 0 amide bonds.